The lowest BCUT2D eigenvalue weighted by Gasteiger charge is -2.19. The minimum Gasteiger partial charge on any atom is -0.448 e. The topological polar surface area (TPSA) is 107 Å². The summed E-state index contributed by atoms with van der Waals surface area (Å²) in [6.45, 7) is 0. The van der Waals surface area contributed by atoms with Gasteiger partial charge in [-0.2, -0.15) is 21.6 Å². The van der Waals surface area contributed by atoms with Gasteiger partial charge in [0.2, 0.25) is 6.10 Å². The molecule has 1 atom stereocenters. The maximum absolute atomic E-state index is 12.6. The van der Waals surface area contributed by atoms with E-state index in [-0.39, 0.29) is 11.3 Å². The van der Waals surface area contributed by atoms with E-state index in [0.717, 1.165) is 0 Å². The van der Waals surface area contributed by atoms with E-state index >= 15 is 0 Å². The van der Waals surface area contributed by atoms with E-state index in [9.17, 15) is 26.4 Å². The van der Waals surface area contributed by atoms with Gasteiger partial charge in [0.25, 0.3) is 10.1 Å². The summed E-state index contributed by atoms with van der Waals surface area (Å²) >= 11 is 0. The number of hydrogen-bond donors (Lipinski definition) is 2. The number of halogens is 3. The minimum absolute atomic E-state index is 0.113. The second-order valence-electron chi connectivity index (χ2n) is 4.27. The Hall–Kier alpha value is -1.75. The second-order valence-corrected chi connectivity index (χ2v) is 5.77. The number of nitrogens with two attached hydrogens (primary N) is 1. The van der Waals surface area contributed by atoms with Crippen molar-refractivity contribution in [1.82, 2.24) is 0 Å². The molecule has 0 fully saturated rings. The first-order valence-electron chi connectivity index (χ1n) is 5.49. The zero-order valence-electron chi connectivity index (χ0n) is 10.7. The maximum atomic E-state index is 12.6. The van der Waals surface area contributed by atoms with Gasteiger partial charge < -0.3 is 10.5 Å². The molecule has 11 heteroatoms. The van der Waals surface area contributed by atoms with Crippen molar-refractivity contribution >= 4 is 35.1 Å². The lowest BCUT2D eigenvalue weighted by Crippen LogP contribution is -2.39. The van der Waals surface area contributed by atoms with Crippen LogP contribution in [0.2, 0.25) is 0 Å². The van der Waals surface area contributed by atoms with E-state index in [1.165, 1.54) is 18.2 Å². The summed E-state index contributed by atoms with van der Waals surface area (Å²) in [5.74, 6) is -3.21. The Morgan fingerprint density at radius 3 is 2.48 bits per heavy atom. The van der Waals surface area contributed by atoms with E-state index in [0.29, 0.717) is 5.46 Å². The minimum atomic E-state index is -5.15. The van der Waals surface area contributed by atoms with Crippen molar-refractivity contribution in [3.8, 4) is 0 Å². The summed E-state index contributed by atoms with van der Waals surface area (Å²) in [5, 5.41) is 0. The smallest absolute Gasteiger partial charge is 0.426 e. The lowest BCUT2D eigenvalue weighted by atomic mass is 9.94. The number of alkyl halides is 3. The van der Waals surface area contributed by atoms with Gasteiger partial charge in [-0.15, -0.1) is 0 Å². The molecule has 0 aromatic heterocycles. The third-order valence-corrected chi connectivity index (χ3v) is 3.13. The number of carbonyl (C=O) groups excluding carboxylic acids is 1. The Balaban J connectivity index is 3.03. The Kier molecular flexibility index (Phi) is 4.89. The van der Waals surface area contributed by atoms with Gasteiger partial charge in [-0.1, -0.05) is 17.6 Å². The predicted octanol–water partition coefficient (Wildman–Crippen LogP) is -0.497. The molecule has 0 bridgehead atoms. The Morgan fingerprint density at radius 2 is 2.00 bits per heavy atom. The van der Waals surface area contributed by atoms with Crippen molar-refractivity contribution in [1.29, 1.82) is 0 Å². The second kappa shape index (κ2) is 5.94. The molecule has 6 nitrogen and oxygen atoms in total. The largest absolute Gasteiger partial charge is 0.448 e. The summed E-state index contributed by atoms with van der Waals surface area (Å²) in [5.41, 5.74) is 5.57. The molecule has 1 aromatic rings. The number of carbonyl (C=O) groups is 1. The van der Waals surface area contributed by atoms with Crippen molar-refractivity contribution in [2.45, 2.75) is 12.3 Å². The van der Waals surface area contributed by atoms with Crippen LogP contribution >= 0.6 is 0 Å². The van der Waals surface area contributed by atoms with Crippen LogP contribution in [0.15, 0.2) is 18.2 Å². The average molecular weight is 325 g/mol. The molecule has 0 aliphatic rings. The number of benzene rings is 1. The lowest BCUT2D eigenvalue weighted by molar-refractivity contribution is -0.197. The summed E-state index contributed by atoms with van der Waals surface area (Å²) in [4.78, 5) is 11.7. The zero-order chi connectivity index (χ0) is 16.4. The van der Waals surface area contributed by atoms with E-state index < -0.39 is 34.1 Å². The molecule has 0 aliphatic carbocycles. The predicted molar refractivity (Wildman–Crippen MR) is 70.7 cm³/mol. The highest BCUT2D eigenvalue weighted by Gasteiger charge is 2.45. The number of anilines is 1. The van der Waals surface area contributed by atoms with Gasteiger partial charge in [0.05, 0.1) is 5.56 Å². The van der Waals surface area contributed by atoms with Gasteiger partial charge in [-0.3, -0.25) is 4.55 Å². The van der Waals surface area contributed by atoms with Gasteiger partial charge in [-0.25, -0.2) is 4.79 Å². The van der Waals surface area contributed by atoms with E-state index in [1.54, 1.807) is 7.85 Å². The van der Waals surface area contributed by atoms with Crippen LogP contribution in [0.1, 0.15) is 10.4 Å². The fourth-order valence-electron chi connectivity index (χ4n) is 1.43. The van der Waals surface area contributed by atoms with Gasteiger partial charge in [0.1, 0.15) is 13.6 Å². The van der Waals surface area contributed by atoms with Crippen molar-refractivity contribution in [2.24, 2.45) is 0 Å². The summed E-state index contributed by atoms with van der Waals surface area (Å²) in [7, 11) is -3.40. The van der Waals surface area contributed by atoms with Crippen molar-refractivity contribution in [3.05, 3.63) is 23.8 Å². The molecular formula is C10H11BF3NO5S. The highest BCUT2D eigenvalue weighted by molar-refractivity contribution is 7.85. The molecule has 3 N–H and O–H groups in total. The first-order chi connectivity index (χ1) is 9.40. The summed E-state index contributed by atoms with van der Waals surface area (Å²) in [6.07, 6.45) is -8.13. The molecule has 0 aliphatic heterocycles. The number of nitrogen functional groups attached to an aromatic ring is 1. The van der Waals surface area contributed by atoms with Gasteiger partial charge in [0.15, 0.2) is 0 Å². The molecule has 0 heterocycles. The Morgan fingerprint density at radius 1 is 1.43 bits per heavy atom. The number of hydrogen-bond acceptors (Lipinski definition) is 5. The molecule has 0 saturated carbocycles. The van der Waals surface area contributed by atoms with Crippen LogP contribution in [-0.4, -0.2) is 44.8 Å². The summed E-state index contributed by atoms with van der Waals surface area (Å²) in [6, 6.07) is 4.04. The molecule has 0 saturated heterocycles. The van der Waals surface area contributed by atoms with Crippen LogP contribution < -0.4 is 11.2 Å². The molecule has 1 rings (SSSR count). The van der Waals surface area contributed by atoms with Crippen LogP contribution in [0.3, 0.4) is 0 Å². The van der Waals surface area contributed by atoms with Crippen molar-refractivity contribution in [3.63, 3.8) is 0 Å². The highest BCUT2D eigenvalue weighted by atomic mass is 32.2. The van der Waals surface area contributed by atoms with Crippen LogP contribution in [0.25, 0.3) is 0 Å². The molecule has 0 amide bonds. The van der Waals surface area contributed by atoms with Crippen molar-refractivity contribution in [2.75, 3.05) is 11.5 Å². The quantitative estimate of drug-likeness (QED) is 0.335. The third-order valence-electron chi connectivity index (χ3n) is 2.41. The fourth-order valence-corrected chi connectivity index (χ4v) is 2.07. The Labute approximate surface area is 119 Å². The SMILES string of the molecule is Bc1ccc(N)c(C(=O)OC(CS(=O)(=O)O)C(F)(F)F)c1. The molecule has 0 spiro atoms. The normalized spacial score (nSPS) is 13.7. The van der Waals surface area contributed by atoms with E-state index in [2.05, 4.69) is 4.74 Å². The average Bonchev–Trinajstić information content (AvgIpc) is 2.28. The number of rotatable bonds is 4. The monoisotopic (exact) mass is 325 g/mol. The number of esters is 1. The fraction of sp³-hybridized carbons (Fsp3) is 0.300. The van der Waals surface area contributed by atoms with Gasteiger partial charge in [0, 0.05) is 5.69 Å². The standard InChI is InChI=1S/C10H11BF3NO5S/c11-5-1-2-7(15)6(3-5)9(16)20-8(10(12,13)14)4-21(17,18)19/h1-3,8H,4,11,15H2,(H,17,18,19). The first-order valence-corrected chi connectivity index (χ1v) is 7.10. The Bertz CT molecular complexity index is 647. The van der Waals surface area contributed by atoms with Crippen LogP contribution in [0.4, 0.5) is 18.9 Å². The summed E-state index contributed by atoms with van der Waals surface area (Å²) < 4.78 is 71.6. The van der Waals surface area contributed by atoms with Crippen LogP contribution in [0, 0.1) is 0 Å². The van der Waals surface area contributed by atoms with E-state index in [4.69, 9.17) is 10.3 Å². The highest BCUT2D eigenvalue weighted by Crippen LogP contribution is 2.25. The zero-order valence-corrected chi connectivity index (χ0v) is 11.5. The molecule has 21 heavy (non-hydrogen) atoms. The molecule has 116 valence electrons. The molecule has 1 aromatic carbocycles. The molecule has 1 unspecified atom stereocenters. The van der Waals surface area contributed by atoms with Crippen LogP contribution in [0.5, 0.6) is 0 Å². The van der Waals surface area contributed by atoms with Gasteiger partial charge >= 0.3 is 12.1 Å². The van der Waals surface area contributed by atoms with Crippen molar-refractivity contribution < 1.29 is 35.7 Å². The third kappa shape index (κ3) is 5.27. The first kappa shape index (κ1) is 17.3. The van der Waals surface area contributed by atoms with E-state index in [1.807, 2.05) is 0 Å². The molecule has 0 radical (unpaired) electrons. The van der Waals surface area contributed by atoms with Gasteiger partial charge in [-0.05, 0) is 6.07 Å². The maximum Gasteiger partial charge on any atom is 0.426 e. The molecular weight excluding hydrogens is 314 g/mol. The van der Waals surface area contributed by atoms with Crippen LogP contribution in [-0.2, 0) is 14.9 Å². The number of ether oxygens (including phenoxy) is 1.